The second-order valence-electron chi connectivity index (χ2n) is 1.81. The number of carbonyl (C=O) groups excluding carboxylic acids is 1. The summed E-state index contributed by atoms with van der Waals surface area (Å²) in [5.74, 6) is 0. The molecule has 0 spiro atoms. The summed E-state index contributed by atoms with van der Waals surface area (Å²) in [6, 6.07) is 0. The van der Waals surface area contributed by atoms with Gasteiger partial charge in [0.15, 0.2) is 0 Å². The number of carbonyl (C=O) groups is 1. The summed E-state index contributed by atoms with van der Waals surface area (Å²) in [5, 5.41) is 2.14. The molecular formula is C4H10NO5P. The summed E-state index contributed by atoms with van der Waals surface area (Å²) in [6.07, 6.45) is -1.07. The van der Waals surface area contributed by atoms with Crippen LogP contribution in [-0.4, -0.2) is 35.7 Å². The lowest BCUT2D eigenvalue weighted by Gasteiger charge is -2.04. The maximum absolute atomic E-state index is 10.3. The van der Waals surface area contributed by atoms with E-state index >= 15 is 0 Å². The zero-order valence-electron chi connectivity index (χ0n) is 5.98. The van der Waals surface area contributed by atoms with Crippen LogP contribution >= 0.6 is 7.60 Å². The standard InChI is InChI=1S/C4H10NO5P/c1-10-4(6)5-2-3-11(7,8)9/h2-3H2,1H3,(H,5,6)(H2,7,8,9). The van der Waals surface area contributed by atoms with Crippen molar-refractivity contribution in [3.8, 4) is 0 Å². The van der Waals surface area contributed by atoms with Crippen LogP contribution in [0.5, 0.6) is 0 Å². The Morgan fingerprint density at radius 3 is 2.55 bits per heavy atom. The van der Waals surface area contributed by atoms with E-state index in [0.717, 1.165) is 0 Å². The van der Waals surface area contributed by atoms with Gasteiger partial charge in [-0.1, -0.05) is 0 Å². The highest BCUT2D eigenvalue weighted by molar-refractivity contribution is 7.51. The van der Waals surface area contributed by atoms with Crippen molar-refractivity contribution >= 4 is 13.7 Å². The van der Waals surface area contributed by atoms with Gasteiger partial charge in [0.25, 0.3) is 0 Å². The van der Waals surface area contributed by atoms with Gasteiger partial charge in [0.05, 0.1) is 13.3 Å². The van der Waals surface area contributed by atoms with Gasteiger partial charge in [-0.15, -0.1) is 0 Å². The Morgan fingerprint density at radius 2 is 2.18 bits per heavy atom. The molecule has 0 aliphatic carbocycles. The fourth-order valence-corrected chi connectivity index (χ4v) is 0.779. The monoisotopic (exact) mass is 183 g/mol. The highest BCUT2D eigenvalue weighted by Gasteiger charge is 2.12. The molecule has 0 heterocycles. The summed E-state index contributed by atoms with van der Waals surface area (Å²) < 4.78 is 14.4. The van der Waals surface area contributed by atoms with E-state index in [1.54, 1.807) is 0 Å². The van der Waals surface area contributed by atoms with E-state index < -0.39 is 13.7 Å². The fourth-order valence-electron chi connectivity index (χ4n) is 0.376. The molecule has 0 rings (SSSR count). The molecule has 11 heavy (non-hydrogen) atoms. The predicted molar refractivity (Wildman–Crippen MR) is 37.3 cm³/mol. The number of hydrogen-bond donors (Lipinski definition) is 3. The van der Waals surface area contributed by atoms with Crippen molar-refractivity contribution in [1.29, 1.82) is 0 Å². The topological polar surface area (TPSA) is 95.9 Å². The van der Waals surface area contributed by atoms with Gasteiger partial charge in [0.2, 0.25) is 0 Å². The lowest BCUT2D eigenvalue weighted by molar-refractivity contribution is 0.171. The quantitative estimate of drug-likeness (QED) is 0.513. The second-order valence-corrected chi connectivity index (χ2v) is 3.58. The first-order valence-electron chi connectivity index (χ1n) is 2.82. The minimum absolute atomic E-state index is 0.0864. The zero-order valence-corrected chi connectivity index (χ0v) is 6.88. The minimum atomic E-state index is -4.00. The molecule has 0 aliphatic heterocycles. The predicted octanol–water partition coefficient (Wildman–Crippen LogP) is -0.480. The fraction of sp³-hybridized carbons (Fsp3) is 0.750. The molecule has 3 N–H and O–H groups in total. The molecule has 0 bridgehead atoms. The van der Waals surface area contributed by atoms with E-state index in [0.29, 0.717) is 0 Å². The Balaban J connectivity index is 3.43. The van der Waals surface area contributed by atoms with Crippen LogP contribution in [-0.2, 0) is 9.30 Å². The van der Waals surface area contributed by atoms with Gasteiger partial charge in [-0.05, 0) is 0 Å². The van der Waals surface area contributed by atoms with Crippen LogP contribution < -0.4 is 5.32 Å². The first-order chi connectivity index (χ1) is 4.95. The van der Waals surface area contributed by atoms with E-state index in [1.165, 1.54) is 7.11 Å². The number of hydrogen-bond acceptors (Lipinski definition) is 3. The lowest BCUT2D eigenvalue weighted by Crippen LogP contribution is -2.25. The molecule has 0 unspecified atom stereocenters. The van der Waals surface area contributed by atoms with Gasteiger partial charge >= 0.3 is 13.7 Å². The number of ether oxygens (including phenoxy) is 1. The largest absolute Gasteiger partial charge is 0.453 e. The number of nitrogens with one attached hydrogen (secondary N) is 1. The van der Waals surface area contributed by atoms with Gasteiger partial charge in [-0.2, -0.15) is 0 Å². The molecule has 0 aromatic heterocycles. The van der Waals surface area contributed by atoms with Crippen molar-refractivity contribution in [1.82, 2.24) is 5.32 Å². The van der Waals surface area contributed by atoms with Crippen LogP contribution in [0.4, 0.5) is 4.79 Å². The zero-order chi connectivity index (χ0) is 8.91. The molecule has 6 nitrogen and oxygen atoms in total. The van der Waals surface area contributed by atoms with Gasteiger partial charge < -0.3 is 19.8 Å². The number of methoxy groups -OCH3 is 1. The van der Waals surface area contributed by atoms with Crippen molar-refractivity contribution < 1.29 is 23.9 Å². The van der Waals surface area contributed by atoms with E-state index in [-0.39, 0.29) is 12.7 Å². The Morgan fingerprint density at radius 1 is 1.64 bits per heavy atom. The molecule has 0 radical (unpaired) electrons. The third kappa shape index (κ3) is 7.32. The molecule has 66 valence electrons. The molecule has 0 atom stereocenters. The summed E-state index contributed by atoms with van der Waals surface area (Å²) >= 11 is 0. The van der Waals surface area contributed by atoms with Crippen LogP contribution in [0.2, 0.25) is 0 Å². The summed E-state index contributed by atoms with van der Waals surface area (Å²) in [5.41, 5.74) is 0. The molecule has 1 amide bonds. The summed E-state index contributed by atoms with van der Waals surface area (Å²) in [4.78, 5) is 27.0. The van der Waals surface area contributed by atoms with E-state index in [2.05, 4.69) is 10.1 Å². The normalized spacial score (nSPS) is 10.8. The third-order valence-electron chi connectivity index (χ3n) is 0.858. The smallest absolute Gasteiger partial charge is 0.406 e. The van der Waals surface area contributed by atoms with Crippen LogP contribution in [0, 0.1) is 0 Å². The Labute approximate surface area is 63.7 Å². The van der Waals surface area contributed by atoms with E-state index in [9.17, 15) is 9.36 Å². The van der Waals surface area contributed by atoms with Crippen LogP contribution in [0.15, 0.2) is 0 Å². The molecule has 0 aliphatic rings. The summed E-state index contributed by atoms with van der Waals surface area (Å²) in [7, 11) is -2.83. The van der Waals surface area contributed by atoms with E-state index in [1.807, 2.05) is 0 Å². The van der Waals surface area contributed by atoms with Crippen molar-refractivity contribution in [3.63, 3.8) is 0 Å². The molecule has 0 saturated heterocycles. The Kier molecular flexibility index (Phi) is 4.10. The van der Waals surface area contributed by atoms with Crippen molar-refractivity contribution in [2.75, 3.05) is 19.8 Å². The maximum atomic E-state index is 10.3. The number of amides is 1. The minimum Gasteiger partial charge on any atom is -0.453 e. The summed E-state index contributed by atoms with van der Waals surface area (Å²) in [6.45, 7) is -0.0864. The average Bonchev–Trinajstić information content (AvgIpc) is 1.85. The van der Waals surface area contributed by atoms with Crippen molar-refractivity contribution in [3.05, 3.63) is 0 Å². The number of alkyl carbamates (subject to hydrolysis) is 1. The third-order valence-corrected chi connectivity index (χ3v) is 1.66. The molecule has 7 heteroatoms. The second kappa shape index (κ2) is 4.33. The van der Waals surface area contributed by atoms with Crippen LogP contribution in [0.1, 0.15) is 0 Å². The molecule has 0 aromatic rings. The maximum Gasteiger partial charge on any atom is 0.406 e. The van der Waals surface area contributed by atoms with E-state index in [4.69, 9.17) is 9.79 Å². The van der Waals surface area contributed by atoms with Gasteiger partial charge in [0.1, 0.15) is 0 Å². The molecule has 0 aromatic carbocycles. The Bertz CT molecular complexity index is 175. The first kappa shape index (κ1) is 10.4. The molecular weight excluding hydrogens is 173 g/mol. The average molecular weight is 183 g/mol. The van der Waals surface area contributed by atoms with Crippen molar-refractivity contribution in [2.45, 2.75) is 0 Å². The highest BCUT2D eigenvalue weighted by Crippen LogP contribution is 2.32. The molecule has 0 fully saturated rings. The molecule has 0 saturated carbocycles. The van der Waals surface area contributed by atoms with Crippen LogP contribution in [0.25, 0.3) is 0 Å². The van der Waals surface area contributed by atoms with Gasteiger partial charge in [0, 0.05) is 6.54 Å². The van der Waals surface area contributed by atoms with Gasteiger partial charge in [-0.25, -0.2) is 4.79 Å². The van der Waals surface area contributed by atoms with Crippen LogP contribution in [0.3, 0.4) is 0 Å². The SMILES string of the molecule is COC(=O)NCCP(=O)(O)O. The van der Waals surface area contributed by atoms with Crippen molar-refractivity contribution in [2.24, 2.45) is 0 Å². The number of rotatable bonds is 3. The Hall–Kier alpha value is -0.580. The lowest BCUT2D eigenvalue weighted by atomic mass is 10.7. The highest BCUT2D eigenvalue weighted by atomic mass is 31.2. The van der Waals surface area contributed by atoms with Gasteiger partial charge in [-0.3, -0.25) is 4.57 Å². The first-order valence-corrected chi connectivity index (χ1v) is 4.62.